The van der Waals surface area contributed by atoms with Gasteiger partial charge < -0.3 is 10.6 Å². The van der Waals surface area contributed by atoms with Gasteiger partial charge in [-0.2, -0.15) is 4.31 Å². The van der Waals surface area contributed by atoms with E-state index >= 15 is 0 Å². The van der Waals surface area contributed by atoms with Gasteiger partial charge in [0.2, 0.25) is 10.0 Å². The van der Waals surface area contributed by atoms with Crippen LogP contribution in [0.2, 0.25) is 0 Å². The van der Waals surface area contributed by atoms with Crippen LogP contribution in [0.5, 0.6) is 0 Å². The smallest absolute Gasteiger partial charge is 0.243 e. The third kappa shape index (κ3) is 5.65. The molecule has 0 amide bonds. The zero-order valence-corrected chi connectivity index (χ0v) is 18.5. The molecule has 1 aliphatic rings. The largest absolute Gasteiger partial charge is 0.360 e. The Morgan fingerprint density at radius 2 is 1.78 bits per heavy atom. The van der Waals surface area contributed by atoms with Crippen LogP contribution in [-0.4, -0.2) is 37.0 Å². The molecule has 0 saturated heterocycles. The van der Waals surface area contributed by atoms with E-state index in [9.17, 15) is 8.42 Å². The predicted molar refractivity (Wildman–Crippen MR) is 115 cm³/mol. The second-order valence-corrected chi connectivity index (χ2v) is 9.71. The molecule has 3 atom stereocenters. The van der Waals surface area contributed by atoms with Crippen molar-refractivity contribution in [2.75, 3.05) is 13.1 Å². The third-order valence-corrected chi connectivity index (χ3v) is 7.80. The zero-order valence-electron chi connectivity index (χ0n) is 16.9. The molecule has 1 aromatic rings. The van der Waals surface area contributed by atoms with Crippen molar-refractivity contribution in [1.82, 2.24) is 14.9 Å². The Bertz CT molecular complexity index is 715. The Morgan fingerprint density at radius 3 is 2.33 bits per heavy atom. The molecule has 0 bridgehead atoms. The van der Waals surface area contributed by atoms with Crippen LogP contribution in [0.4, 0.5) is 0 Å². The maximum atomic E-state index is 12.6. The average molecular weight is 412 g/mol. The fourth-order valence-electron chi connectivity index (χ4n) is 3.66. The second-order valence-electron chi connectivity index (χ2n) is 7.37. The quantitative estimate of drug-likeness (QED) is 0.668. The van der Waals surface area contributed by atoms with E-state index in [-0.39, 0.29) is 6.04 Å². The Hall–Kier alpha value is -1.18. The second kappa shape index (κ2) is 9.85. The monoisotopic (exact) mass is 411 g/mol. The first-order valence-electron chi connectivity index (χ1n) is 9.96. The summed E-state index contributed by atoms with van der Waals surface area (Å²) >= 11 is 5.49. The van der Waals surface area contributed by atoms with E-state index in [2.05, 4.69) is 17.6 Å². The van der Waals surface area contributed by atoms with Crippen molar-refractivity contribution in [2.45, 2.75) is 70.4 Å². The third-order valence-electron chi connectivity index (χ3n) is 5.50. The highest BCUT2D eigenvalue weighted by atomic mass is 32.2. The van der Waals surface area contributed by atoms with E-state index in [0.717, 1.165) is 12.0 Å². The SMILES string of the molecule is CCN(CC)S(=O)(=O)c1ccc([C@H](C)NC(=S)N[C@@H]2CCCC[C@@H]2C)cc1. The minimum atomic E-state index is -3.42. The van der Waals surface area contributed by atoms with E-state index in [4.69, 9.17) is 12.2 Å². The number of hydrogen-bond acceptors (Lipinski definition) is 3. The number of nitrogens with one attached hydrogen (secondary N) is 2. The minimum Gasteiger partial charge on any atom is -0.360 e. The van der Waals surface area contributed by atoms with Crippen molar-refractivity contribution in [1.29, 1.82) is 0 Å². The maximum Gasteiger partial charge on any atom is 0.243 e. The molecule has 0 unspecified atom stereocenters. The molecular weight excluding hydrogens is 378 g/mol. The van der Waals surface area contributed by atoms with Crippen LogP contribution in [0.15, 0.2) is 29.2 Å². The Balaban J connectivity index is 1.98. The summed E-state index contributed by atoms with van der Waals surface area (Å²) in [6.45, 7) is 8.95. The van der Waals surface area contributed by atoms with Crippen molar-refractivity contribution in [3.63, 3.8) is 0 Å². The van der Waals surface area contributed by atoms with Crippen LogP contribution in [0, 0.1) is 5.92 Å². The molecule has 1 saturated carbocycles. The first-order chi connectivity index (χ1) is 12.8. The van der Waals surface area contributed by atoms with Crippen molar-refractivity contribution in [3.8, 4) is 0 Å². The fraction of sp³-hybridized carbons (Fsp3) is 0.650. The lowest BCUT2D eigenvalue weighted by Crippen LogP contribution is -2.46. The molecule has 2 rings (SSSR count). The van der Waals surface area contributed by atoms with E-state index in [0.29, 0.717) is 35.1 Å². The van der Waals surface area contributed by atoms with Gasteiger partial charge in [-0.15, -0.1) is 0 Å². The molecular formula is C20H33N3O2S2. The highest BCUT2D eigenvalue weighted by Crippen LogP contribution is 2.24. The molecule has 0 aromatic heterocycles. The van der Waals surface area contributed by atoms with E-state index in [1.165, 1.54) is 23.6 Å². The number of hydrogen-bond donors (Lipinski definition) is 2. The topological polar surface area (TPSA) is 61.4 Å². The van der Waals surface area contributed by atoms with E-state index < -0.39 is 10.0 Å². The average Bonchev–Trinajstić information content (AvgIpc) is 2.64. The lowest BCUT2D eigenvalue weighted by Gasteiger charge is -2.31. The van der Waals surface area contributed by atoms with Crippen molar-refractivity contribution >= 4 is 27.4 Å². The van der Waals surface area contributed by atoms with Crippen LogP contribution in [0.25, 0.3) is 0 Å². The van der Waals surface area contributed by atoms with Gasteiger partial charge in [0.15, 0.2) is 5.11 Å². The number of thiocarbonyl (C=S) groups is 1. The summed E-state index contributed by atoms with van der Waals surface area (Å²) < 4.78 is 26.6. The van der Waals surface area contributed by atoms with Gasteiger partial charge in [-0.3, -0.25) is 0 Å². The van der Waals surface area contributed by atoms with Crippen molar-refractivity contribution < 1.29 is 8.42 Å². The molecule has 7 heteroatoms. The summed E-state index contributed by atoms with van der Waals surface area (Å²) in [5, 5.41) is 7.45. The van der Waals surface area contributed by atoms with E-state index in [1.807, 2.05) is 32.9 Å². The van der Waals surface area contributed by atoms with Crippen LogP contribution >= 0.6 is 12.2 Å². The molecule has 1 fully saturated rings. The maximum absolute atomic E-state index is 12.6. The molecule has 0 heterocycles. The molecule has 0 spiro atoms. The lowest BCUT2D eigenvalue weighted by atomic mass is 9.86. The Labute approximate surface area is 170 Å². The number of benzene rings is 1. The number of nitrogens with zero attached hydrogens (tertiary/aromatic N) is 1. The van der Waals surface area contributed by atoms with Gasteiger partial charge in [-0.05, 0) is 55.6 Å². The molecule has 0 aliphatic heterocycles. The standard InChI is InChI=1S/C20H33N3O2S2/c1-5-23(6-2)27(24,25)18-13-11-17(12-14-18)16(4)21-20(26)22-19-10-8-7-9-15(19)3/h11-16,19H,5-10H2,1-4H3,(H2,21,22,26)/t15-,16-,19+/m0/s1. The summed E-state index contributed by atoms with van der Waals surface area (Å²) in [5.74, 6) is 0.637. The van der Waals surface area contributed by atoms with Gasteiger partial charge in [0.25, 0.3) is 0 Å². The molecule has 1 aliphatic carbocycles. The van der Waals surface area contributed by atoms with Crippen LogP contribution in [0.1, 0.15) is 65.0 Å². The van der Waals surface area contributed by atoms with Gasteiger partial charge >= 0.3 is 0 Å². The van der Waals surface area contributed by atoms with Crippen LogP contribution in [-0.2, 0) is 10.0 Å². The highest BCUT2D eigenvalue weighted by molar-refractivity contribution is 7.89. The van der Waals surface area contributed by atoms with Gasteiger partial charge in [0.05, 0.1) is 10.9 Å². The Kier molecular flexibility index (Phi) is 8.06. The lowest BCUT2D eigenvalue weighted by molar-refractivity contribution is 0.307. The molecule has 5 nitrogen and oxygen atoms in total. The van der Waals surface area contributed by atoms with Crippen molar-refractivity contribution in [2.24, 2.45) is 5.92 Å². The number of rotatable bonds is 7. The summed E-state index contributed by atoms with van der Waals surface area (Å²) in [6.07, 6.45) is 4.97. The summed E-state index contributed by atoms with van der Waals surface area (Å²) in [5.41, 5.74) is 1.01. The van der Waals surface area contributed by atoms with Crippen LogP contribution < -0.4 is 10.6 Å². The first-order valence-corrected chi connectivity index (χ1v) is 11.8. The first kappa shape index (κ1) is 22.1. The van der Waals surface area contributed by atoms with Crippen molar-refractivity contribution in [3.05, 3.63) is 29.8 Å². The van der Waals surface area contributed by atoms with Gasteiger partial charge in [-0.1, -0.05) is 45.7 Å². The minimum absolute atomic E-state index is 0.00843. The summed E-state index contributed by atoms with van der Waals surface area (Å²) in [4.78, 5) is 0.332. The predicted octanol–water partition coefficient (Wildman–Crippen LogP) is 3.82. The zero-order chi connectivity index (χ0) is 20.0. The molecule has 152 valence electrons. The summed E-state index contributed by atoms with van der Waals surface area (Å²) in [7, 11) is -3.42. The van der Waals surface area contributed by atoms with Crippen LogP contribution in [0.3, 0.4) is 0 Å². The number of sulfonamides is 1. The van der Waals surface area contributed by atoms with Gasteiger partial charge in [0.1, 0.15) is 0 Å². The molecule has 0 radical (unpaired) electrons. The molecule has 1 aromatic carbocycles. The normalized spacial score (nSPS) is 21.7. The van der Waals surface area contributed by atoms with E-state index in [1.54, 1.807) is 12.1 Å². The van der Waals surface area contributed by atoms with Gasteiger partial charge in [-0.25, -0.2) is 8.42 Å². The molecule has 2 N–H and O–H groups in total. The fourth-order valence-corrected chi connectivity index (χ4v) is 5.45. The molecule has 27 heavy (non-hydrogen) atoms. The highest BCUT2D eigenvalue weighted by Gasteiger charge is 2.23. The summed E-state index contributed by atoms with van der Waals surface area (Å²) in [6, 6.07) is 7.53. The Morgan fingerprint density at radius 1 is 1.19 bits per heavy atom. The van der Waals surface area contributed by atoms with Gasteiger partial charge in [0, 0.05) is 19.1 Å².